The summed E-state index contributed by atoms with van der Waals surface area (Å²) in [5.74, 6) is -0.514. The van der Waals surface area contributed by atoms with Crippen molar-refractivity contribution >= 4 is 34.4 Å². The summed E-state index contributed by atoms with van der Waals surface area (Å²) in [4.78, 5) is 42.6. The number of pyridine rings is 1. The number of aliphatic carboxylic acids is 1. The highest BCUT2D eigenvalue weighted by Gasteiger charge is 2.27. The molecule has 4 rings (SSSR count). The molecule has 3 aromatic carbocycles. The van der Waals surface area contributed by atoms with Crippen molar-refractivity contribution in [3.8, 4) is 16.9 Å². The number of carbonyl (C=O) groups is 3. The summed E-state index contributed by atoms with van der Waals surface area (Å²) in [5.41, 5.74) is 8.99. The lowest BCUT2D eigenvalue weighted by molar-refractivity contribution is -0.138. The molecule has 0 saturated heterocycles. The third kappa shape index (κ3) is 15.7. The van der Waals surface area contributed by atoms with E-state index >= 15 is 0 Å². The molecule has 0 spiro atoms. The zero-order valence-corrected chi connectivity index (χ0v) is 33.9. The molecule has 314 valence electrons. The van der Waals surface area contributed by atoms with Crippen molar-refractivity contribution in [3.05, 3.63) is 90.1 Å². The van der Waals surface area contributed by atoms with Crippen LogP contribution in [0.1, 0.15) is 50.3 Å². The first-order valence-corrected chi connectivity index (χ1v) is 19.9. The summed E-state index contributed by atoms with van der Waals surface area (Å²) >= 11 is 0. The second-order valence-electron chi connectivity index (χ2n) is 14.1. The van der Waals surface area contributed by atoms with Crippen molar-refractivity contribution in [3.63, 3.8) is 0 Å². The zero-order chi connectivity index (χ0) is 41.5. The molecule has 0 aliphatic rings. The Morgan fingerprint density at radius 3 is 2.03 bits per heavy atom. The first kappa shape index (κ1) is 45.6. The number of amides is 2. The fourth-order valence-electron chi connectivity index (χ4n) is 6.17. The van der Waals surface area contributed by atoms with Crippen LogP contribution in [0.2, 0.25) is 0 Å². The van der Waals surface area contributed by atoms with Crippen molar-refractivity contribution < 1.29 is 43.2 Å². The molecule has 0 aliphatic carbocycles. The van der Waals surface area contributed by atoms with Crippen LogP contribution in [-0.2, 0) is 33.3 Å². The van der Waals surface area contributed by atoms with Gasteiger partial charge in [-0.15, -0.1) is 0 Å². The van der Waals surface area contributed by atoms with E-state index in [0.29, 0.717) is 84.5 Å². The van der Waals surface area contributed by atoms with Crippen LogP contribution in [0.3, 0.4) is 0 Å². The number of hydrogen-bond donors (Lipinski definition) is 5. The SMILES string of the molecule is Cc1ccnc(NCCCC(=O)NC(C(=O)N[C@@H](CC(=O)O)c2ccc(-c3ccc(OCCOCCOCCOCCOCCN)c4ccccc34)cc2)C(C)C)c1. The van der Waals surface area contributed by atoms with Crippen LogP contribution in [0.25, 0.3) is 21.9 Å². The number of hydrogen-bond acceptors (Lipinski definition) is 11. The molecule has 1 aromatic heterocycles. The van der Waals surface area contributed by atoms with Crippen LogP contribution in [-0.4, -0.2) is 106 Å². The summed E-state index contributed by atoms with van der Waals surface area (Å²) in [6.45, 7) is 10.9. The van der Waals surface area contributed by atoms with Gasteiger partial charge < -0.3 is 50.5 Å². The topological polar surface area (TPSA) is 193 Å². The van der Waals surface area contributed by atoms with Crippen LogP contribution in [0, 0.1) is 12.8 Å². The standard InChI is InChI=1S/C44H59N5O9/c1-31(2)43(49-41(50)9-6-18-46-40-29-32(3)16-19-47-40)44(53)48-38(30-42(51)52)34-12-10-33(11-13-34)35-14-15-39(37-8-5-4-7-36(35)37)58-28-27-57-26-25-56-24-23-55-22-21-54-20-17-45/h4-5,7-8,10-16,19,29,31,38,43H,6,9,17-18,20-28,30,45H2,1-3H3,(H,46,47)(H,48,53)(H,49,50)(H,51,52)/t38-,43?/m0/s1. The number of ether oxygens (including phenoxy) is 5. The summed E-state index contributed by atoms with van der Waals surface area (Å²) in [6, 6.07) is 21.6. The third-order valence-electron chi connectivity index (χ3n) is 9.13. The van der Waals surface area contributed by atoms with E-state index in [2.05, 4.69) is 20.9 Å². The number of nitrogens with one attached hydrogen (secondary N) is 3. The number of anilines is 1. The van der Waals surface area contributed by atoms with Crippen LogP contribution in [0.5, 0.6) is 5.75 Å². The van der Waals surface area contributed by atoms with Crippen molar-refractivity contribution in [2.75, 3.05) is 77.9 Å². The predicted octanol–water partition coefficient (Wildman–Crippen LogP) is 5.28. The van der Waals surface area contributed by atoms with E-state index in [1.54, 1.807) is 6.20 Å². The van der Waals surface area contributed by atoms with Gasteiger partial charge in [0.1, 0.15) is 24.2 Å². The van der Waals surface area contributed by atoms with Gasteiger partial charge in [0.25, 0.3) is 0 Å². The molecule has 0 fully saturated rings. The van der Waals surface area contributed by atoms with E-state index in [9.17, 15) is 19.5 Å². The van der Waals surface area contributed by atoms with E-state index in [1.807, 2.05) is 93.6 Å². The Morgan fingerprint density at radius 1 is 0.776 bits per heavy atom. The Morgan fingerprint density at radius 2 is 1.41 bits per heavy atom. The number of carboxylic acids is 1. The Hall–Kier alpha value is -5.12. The molecule has 6 N–H and O–H groups in total. The normalized spacial score (nSPS) is 12.3. The fourth-order valence-corrected chi connectivity index (χ4v) is 6.17. The monoisotopic (exact) mass is 801 g/mol. The van der Waals surface area contributed by atoms with Crippen LogP contribution in [0.4, 0.5) is 5.82 Å². The molecule has 1 unspecified atom stereocenters. The average Bonchev–Trinajstić information content (AvgIpc) is 3.21. The van der Waals surface area contributed by atoms with Crippen LogP contribution >= 0.6 is 0 Å². The number of aromatic nitrogens is 1. The number of fused-ring (bicyclic) bond motifs is 1. The van der Waals surface area contributed by atoms with E-state index in [1.165, 1.54) is 0 Å². The summed E-state index contributed by atoms with van der Waals surface area (Å²) < 4.78 is 28.0. The van der Waals surface area contributed by atoms with Crippen molar-refractivity contribution in [1.29, 1.82) is 0 Å². The highest BCUT2D eigenvalue weighted by atomic mass is 16.6. The Bertz CT molecular complexity index is 1860. The van der Waals surface area contributed by atoms with Gasteiger partial charge in [-0.25, -0.2) is 4.98 Å². The molecule has 14 heteroatoms. The molecule has 0 radical (unpaired) electrons. The molecule has 0 saturated carbocycles. The fraction of sp³-hybridized carbons (Fsp3) is 0.455. The number of rotatable bonds is 28. The number of aryl methyl sites for hydroxylation is 1. The van der Waals surface area contributed by atoms with E-state index < -0.39 is 24.0 Å². The lowest BCUT2D eigenvalue weighted by Crippen LogP contribution is -2.50. The molecule has 1 heterocycles. The minimum Gasteiger partial charge on any atom is -0.491 e. The zero-order valence-electron chi connectivity index (χ0n) is 33.9. The Balaban J connectivity index is 1.28. The molecule has 0 bridgehead atoms. The highest BCUT2D eigenvalue weighted by Crippen LogP contribution is 2.35. The van der Waals surface area contributed by atoms with Crippen LogP contribution in [0.15, 0.2) is 79.0 Å². The van der Waals surface area contributed by atoms with Gasteiger partial charge in [-0.05, 0) is 65.1 Å². The molecule has 2 amide bonds. The van der Waals surface area contributed by atoms with Crippen molar-refractivity contribution in [2.24, 2.45) is 11.7 Å². The molecule has 0 aliphatic heterocycles. The largest absolute Gasteiger partial charge is 0.491 e. The first-order valence-electron chi connectivity index (χ1n) is 19.9. The minimum atomic E-state index is -1.06. The lowest BCUT2D eigenvalue weighted by Gasteiger charge is -2.25. The number of benzene rings is 3. The Labute approximate surface area is 341 Å². The second kappa shape index (κ2) is 25.3. The molecule has 2 atom stereocenters. The van der Waals surface area contributed by atoms with E-state index in [4.69, 9.17) is 29.4 Å². The maximum absolute atomic E-state index is 13.5. The maximum atomic E-state index is 13.5. The van der Waals surface area contributed by atoms with Gasteiger partial charge in [-0.3, -0.25) is 14.4 Å². The maximum Gasteiger partial charge on any atom is 0.305 e. The second-order valence-corrected chi connectivity index (χ2v) is 14.1. The molecular weight excluding hydrogens is 743 g/mol. The number of carboxylic acid groups (broad SMARTS) is 1. The first-order chi connectivity index (χ1) is 28.2. The van der Waals surface area contributed by atoms with Gasteiger partial charge in [0.15, 0.2) is 0 Å². The van der Waals surface area contributed by atoms with Gasteiger partial charge in [0.05, 0.1) is 65.3 Å². The van der Waals surface area contributed by atoms with Gasteiger partial charge in [-0.1, -0.05) is 68.4 Å². The van der Waals surface area contributed by atoms with Crippen molar-refractivity contribution in [2.45, 2.75) is 52.1 Å². The van der Waals surface area contributed by atoms with Crippen molar-refractivity contribution in [1.82, 2.24) is 15.6 Å². The number of nitrogens with two attached hydrogens (primary N) is 1. The van der Waals surface area contributed by atoms with E-state index in [-0.39, 0.29) is 24.7 Å². The predicted molar refractivity (Wildman–Crippen MR) is 224 cm³/mol. The summed E-state index contributed by atoms with van der Waals surface area (Å²) in [6.07, 6.45) is 2.16. The van der Waals surface area contributed by atoms with Gasteiger partial charge >= 0.3 is 5.97 Å². The Kier molecular flexibility index (Phi) is 19.9. The summed E-state index contributed by atoms with van der Waals surface area (Å²) in [7, 11) is 0. The van der Waals surface area contributed by atoms with Gasteiger partial charge in [0, 0.05) is 31.1 Å². The van der Waals surface area contributed by atoms with Gasteiger partial charge in [-0.2, -0.15) is 0 Å². The molecule has 58 heavy (non-hydrogen) atoms. The number of nitrogens with zero attached hydrogens (tertiary/aromatic N) is 1. The smallest absolute Gasteiger partial charge is 0.305 e. The molecule has 14 nitrogen and oxygen atoms in total. The third-order valence-corrected chi connectivity index (χ3v) is 9.13. The minimum absolute atomic E-state index is 0.215. The highest BCUT2D eigenvalue weighted by molar-refractivity contribution is 6.00. The summed E-state index contributed by atoms with van der Waals surface area (Å²) in [5, 5.41) is 20.6. The lowest BCUT2D eigenvalue weighted by atomic mass is 9.95. The van der Waals surface area contributed by atoms with Gasteiger partial charge in [0.2, 0.25) is 11.8 Å². The number of carbonyl (C=O) groups excluding carboxylic acids is 2. The average molecular weight is 802 g/mol. The molecule has 4 aromatic rings. The molecular formula is C44H59N5O9. The van der Waals surface area contributed by atoms with E-state index in [0.717, 1.165) is 39.0 Å². The van der Waals surface area contributed by atoms with Crippen LogP contribution < -0.4 is 26.4 Å². The quantitative estimate of drug-likeness (QED) is 0.0468.